The van der Waals surface area contributed by atoms with Crippen LogP contribution >= 0.6 is 0 Å². The third kappa shape index (κ3) is 4.64. The molecule has 31 heavy (non-hydrogen) atoms. The van der Waals surface area contributed by atoms with Crippen LogP contribution in [0.5, 0.6) is 0 Å². The quantitative estimate of drug-likeness (QED) is 0.515. The zero-order chi connectivity index (χ0) is 22.4. The number of amides is 1. The Kier molecular flexibility index (Phi) is 6.50. The number of benzene rings is 3. The number of carboxylic acids is 2. The van der Waals surface area contributed by atoms with Gasteiger partial charge in [0.25, 0.3) is 5.91 Å². The molecule has 0 aliphatic rings. The van der Waals surface area contributed by atoms with E-state index in [0.29, 0.717) is 16.7 Å². The fraction of sp³-hybridized carbons (Fsp3) is 0.160. The molecular formula is C25H23NO5. The predicted octanol–water partition coefficient (Wildman–Crippen LogP) is 3.96. The molecule has 0 radical (unpaired) electrons. The van der Waals surface area contributed by atoms with Gasteiger partial charge in [-0.2, -0.15) is 0 Å². The predicted molar refractivity (Wildman–Crippen MR) is 116 cm³/mol. The fourth-order valence-electron chi connectivity index (χ4n) is 3.81. The van der Waals surface area contributed by atoms with Crippen LogP contribution in [0.25, 0.3) is 0 Å². The van der Waals surface area contributed by atoms with Gasteiger partial charge in [-0.3, -0.25) is 9.59 Å². The second-order valence-corrected chi connectivity index (χ2v) is 7.36. The average Bonchev–Trinajstić information content (AvgIpc) is 2.77. The number of hydrogen-bond donors (Lipinski definition) is 3. The molecule has 1 amide bonds. The summed E-state index contributed by atoms with van der Waals surface area (Å²) in [6.45, 7) is 1.83. The van der Waals surface area contributed by atoms with Crippen LogP contribution in [0, 0.1) is 6.92 Å². The Morgan fingerprint density at radius 1 is 0.871 bits per heavy atom. The number of nitrogens with one attached hydrogen (secondary N) is 1. The van der Waals surface area contributed by atoms with Crippen molar-refractivity contribution in [2.45, 2.75) is 24.8 Å². The topological polar surface area (TPSA) is 104 Å². The van der Waals surface area contributed by atoms with Crippen molar-refractivity contribution in [3.05, 3.63) is 107 Å². The van der Waals surface area contributed by atoms with Gasteiger partial charge in [0.2, 0.25) is 0 Å². The molecule has 3 rings (SSSR count). The third-order valence-electron chi connectivity index (χ3n) is 5.26. The van der Waals surface area contributed by atoms with Gasteiger partial charge < -0.3 is 15.5 Å². The first-order valence-electron chi connectivity index (χ1n) is 9.79. The maximum absolute atomic E-state index is 13.2. The van der Waals surface area contributed by atoms with Crippen LogP contribution in [0.3, 0.4) is 0 Å². The van der Waals surface area contributed by atoms with E-state index in [-0.39, 0.29) is 0 Å². The van der Waals surface area contributed by atoms with Crippen molar-refractivity contribution in [2.24, 2.45) is 0 Å². The minimum atomic E-state index is -2.00. The monoisotopic (exact) mass is 417 g/mol. The van der Waals surface area contributed by atoms with Crippen LogP contribution in [-0.2, 0) is 15.1 Å². The Hall–Kier alpha value is -3.93. The summed E-state index contributed by atoms with van der Waals surface area (Å²) in [6, 6.07) is 23.5. The van der Waals surface area contributed by atoms with Crippen molar-refractivity contribution < 1.29 is 24.6 Å². The molecule has 0 bridgehead atoms. The maximum atomic E-state index is 13.2. The molecule has 3 aromatic carbocycles. The molecule has 0 saturated heterocycles. The van der Waals surface area contributed by atoms with Gasteiger partial charge in [0.1, 0.15) is 0 Å². The van der Waals surface area contributed by atoms with E-state index < -0.39 is 35.7 Å². The summed E-state index contributed by atoms with van der Waals surface area (Å²) in [5, 5.41) is 22.8. The molecule has 0 aliphatic carbocycles. The van der Waals surface area contributed by atoms with E-state index in [1.54, 1.807) is 78.9 Å². The molecule has 2 atom stereocenters. The number of hydrogen-bond acceptors (Lipinski definition) is 3. The summed E-state index contributed by atoms with van der Waals surface area (Å²) in [5.74, 6) is -4.16. The first kappa shape index (κ1) is 21.8. The van der Waals surface area contributed by atoms with Crippen molar-refractivity contribution in [1.29, 1.82) is 0 Å². The van der Waals surface area contributed by atoms with Crippen LogP contribution < -0.4 is 5.32 Å². The fourth-order valence-corrected chi connectivity index (χ4v) is 3.81. The lowest BCUT2D eigenvalue weighted by atomic mass is 9.72. The van der Waals surface area contributed by atoms with Crippen molar-refractivity contribution >= 4 is 17.8 Å². The zero-order valence-electron chi connectivity index (χ0n) is 17.0. The minimum Gasteiger partial charge on any atom is -0.481 e. The summed E-state index contributed by atoms with van der Waals surface area (Å²) in [7, 11) is 0. The highest BCUT2D eigenvalue weighted by Crippen LogP contribution is 2.40. The normalized spacial score (nSPS) is 13.6. The summed E-state index contributed by atoms with van der Waals surface area (Å²) >= 11 is 0. The molecule has 0 heterocycles. The first-order chi connectivity index (χ1) is 14.8. The molecule has 0 aliphatic heterocycles. The number of rotatable bonds is 8. The van der Waals surface area contributed by atoms with Crippen LogP contribution in [0.1, 0.15) is 39.4 Å². The van der Waals surface area contributed by atoms with Gasteiger partial charge >= 0.3 is 11.9 Å². The smallest absolute Gasteiger partial charge is 0.334 e. The van der Waals surface area contributed by atoms with E-state index in [0.717, 1.165) is 5.56 Å². The van der Waals surface area contributed by atoms with E-state index in [9.17, 15) is 24.6 Å². The van der Waals surface area contributed by atoms with Crippen molar-refractivity contribution in [3.63, 3.8) is 0 Å². The van der Waals surface area contributed by atoms with Crippen molar-refractivity contribution in [2.75, 3.05) is 0 Å². The SMILES string of the molecule is Cc1cccc(C(=O)NC(C(=O)O)(c2ccccc2)C(CC(=O)O)c2ccccc2)c1. The van der Waals surface area contributed by atoms with Crippen molar-refractivity contribution in [1.82, 2.24) is 5.32 Å². The molecule has 0 spiro atoms. The molecule has 6 heteroatoms. The first-order valence-corrected chi connectivity index (χ1v) is 9.79. The summed E-state index contributed by atoms with van der Waals surface area (Å²) in [6.07, 6.45) is -0.487. The highest BCUT2D eigenvalue weighted by atomic mass is 16.4. The van der Waals surface area contributed by atoms with Crippen molar-refractivity contribution in [3.8, 4) is 0 Å². The molecule has 3 N–H and O–H groups in total. The Morgan fingerprint density at radius 2 is 1.48 bits per heavy atom. The van der Waals surface area contributed by atoms with E-state index in [1.165, 1.54) is 0 Å². The number of aryl methyl sites for hydroxylation is 1. The molecule has 0 saturated carbocycles. The van der Waals surface area contributed by atoms with Crippen LogP contribution in [0.2, 0.25) is 0 Å². The lowest BCUT2D eigenvalue weighted by Crippen LogP contribution is -2.56. The van der Waals surface area contributed by atoms with Gasteiger partial charge in [0.15, 0.2) is 5.54 Å². The molecule has 0 fully saturated rings. The Labute approximate surface area is 180 Å². The van der Waals surface area contributed by atoms with Gasteiger partial charge in [-0.05, 0) is 30.2 Å². The number of carboxylic acid groups (broad SMARTS) is 2. The van der Waals surface area contributed by atoms with E-state index in [4.69, 9.17) is 0 Å². The van der Waals surface area contributed by atoms with Gasteiger partial charge in [0.05, 0.1) is 6.42 Å². The molecule has 158 valence electrons. The van der Waals surface area contributed by atoms with E-state index in [1.807, 2.05) is 13.0 Å². The number of carbonyl (C=O) groups is 3. The van der Waals surface area contributed by atoms with Crippen LogP contribution in [0.4, 0.5) is 0 Å². The average molecular weight is 417 g/mol. The van der Waals surface area contributed by atoms with Crippen LogP contribution in [0.15, 0.2) is 84.9 Å². The lowest BCUT2D eigenvalue weighted by Gasteiger charge is -2.38. The Balaban J connectivity index is 2.22. The molecule has 3 aromatic rings. The van der Waals surface area contributed by atoms with Gasteiger partial charge in [-0.15, -0.1) is 0 Å². The second kappa shape index (κ2) is 9.26. The van der Waals surface area contributed by atoms with E-state index in [2.05, 4.69) is 5.32 Å². The second-order valence-electron chi connectivity index (χ2n) is 7.36. The Morgan fingerprint density at radius 3 is 2.03 bits per heavy atom. The summed E-state index contributed by atoms with van der Waals surface area (Å²) < 4.78 is 0. The lowest BCUT2D eigenvalue weighted by molar-refractivity contribution is -0.147. The molecular weight excluding hydrogens is 394 g/mol. The minimum absolute atomic E-state index is 0.290. The molecule has 6 nitrogen and oxygen atoms in total. The van der Waals surface area contributed by atoms with Gasteiger partial charge in [-0.1, -0.05) is 78.4 Å². The summed E-state index contributed by atoms with van der Waals surface area (Å²) in [5.41, 5.74) is -0.0663. The standard InChI is InChI=1S/C25H23NO5/c1-17-9-8-12-19(15-17)23(29)26-25(24(30)31,20-13-6-3-7-14-20)21(16-22(27)28)18-10-4-2-5-11-18/h2-15,21H,16H2,1H3,(H,26,29)(H,27,28)(H,30,31). The highest BCUT2D eigenvalue weighted by Gasteiger charge is 2.50. The van der Waals surface area contributed by atoms with Gasteiger partial charge in [0, 0.05) is 11.5 Å². The molecule has 0 aromatic heterocycles. The van der Waals surface area contributed by atoms with Gasteiger partial charge in [-0.25, -0.2) is 4.79 Å². The molecule has 2 unspecified atom stereocenters. The number of carbonyl (C=O) groups excluding carboxylic acids is 1. The maximum Gasteiger partial charge on any atom is 0.334 e. The zero-order valence-corrected chi connectivity index (χ0v) is 17.0. The number of aliphatic carboxylic acids is 2. The highest BCUT2D eigenvalue weighted by molar-refractivity contribution is 5.99. The Bertz CT molecular complexity index is 1080. The van der Waals surface area contributed by atoms with E-state index >= 15 is 0 Å². The third-order valence-corrected chi connectivity index (χ3v) is 5.26. The largest absolute Gasteiger partial charge is 0.481 e. The summed E-state index contributed by atoms with van der Waals surface area (Å²) in [4.78, 5) is 37.8. The van der Waals surface area contributed by atoms with Crippen LogP contribution in [-0.4, -0.2) is 28.1 Å².